The number of thiophene rings is 1. The summed E-state index contributed by atoms with van der Waals surface area (Å²) in [6, 6.07) is 9.20. The maximum absolute atomic E-state index is 11.9. The van der Waals surface area contributed by atoms with Crippen molar-refractivity contribution in [2.24, 2.45) is 0 Å². The van der Waals surface area contributed by atoms with Crippen LogP contribution in [-0.4, -0.2) is 37.5 Å². The lowest BCUT2D eigenvalue weighted by Crippen LogP contribution is -2.30. The van der Waals surface area contributed by atoms with Crippen LogP contribution in [0.3, 0.4) is 0 Å². The first-order valence-electron chi connectivity index (χ1n) is 7.32. The second-order valence-corrected chi connectivity index (χ2v) is 5.88. The minimum atomic E-state index is -0.553. The van der Waals surface area contributed by atoms with Crippen molar-refractivity contribution in [3.05, 3.63) is 58.3 Å². The number of carbonyl (C=O) groups is 2. The number of esters is 1. The second kappa shape index (κ2) is 8.88. The van der Waals surface area contributed by atoms with Gasteiger partial charge >= 0.3 is 5.97 Å². The SMILES string of the molecule is COc1ccc(/C=C/C(=O)OCC(=O)N(C)Cc2ccsc2)cc1. The quantitative estimate of drug-likeness (QED) is 0.572. The number of rotatable bonds is 7. The van der Waals surface area contributed by atoms with E-state index < -0.39 is 5.97 Å². The van der Waals surface area contributed by atoms with E-state index in [4.69, 9.17) is 9.47 Å². The Kier molecular flexibility index (Phi) is 6.57. The number of hydrogen-bond donors (Lipinski definition) is 0. The van der Waals surface area contributed by atoms with Gasteiger partial charge in [-0.15, -0.1) is 0 Å². The van der Waals surface area contributed by atoms with Gasteiger partial charge < -0.3 is 14.4 Å². The highest BCUT2D eigenvalue weighted by atomic mass is 32.1. The summed E-state index contributed by atoms with van der Waals surface area (Å²) in [7, 11) is 3.27. The van der Waals surface area contributed by atoms with Gasteiger partial charge in [0, 0.05) is 19.7 Å². The number of amides is 1. The smallest absolute Gasteiger partial charge is 0.331 e. The fraction of sp³-hybridized carbons (Fsp3) is 0.222. The fourth-order valence-corrected chi connectivity index (χ4v) is 2.57. The number of likely N-dealkylation sites (N-methyl/N-ethyl adjacent to an activating group) is 1. The summed E-state index contributed by atoms with van der Waals surface area (Å²) in [6.45, 7) is 0.230. The molecule has 0 fully saturated rings. The molecule has 0 aliphatic heterocycles. The summed E-state index contributed by atoms with van der Waals surface area (Å²) < 4.78 is 10.0. The Labute approximate surface area is 145 Å². The molecule has 0 spiro atoms. The Hall–Kier alpha value is -2.60. The highest BCUT2D eigenvalue weighted by molar-refractivity contribution is 7.07. The van der Waals surface area contributed by atoms with Crippen LogP contribution in [0.15, 0.2) is 47.2 Å². The van der Waals surface area contributed by atoms with Gasteiger partial charge in [0.1, 0.15) is 5.75 Å². The van der Waals surface area contributed by atoms with Gasteiger partial charge in [-0.2, -0.15) is 11.3 Å². The van der Waals surface area contributed by atoms with Crippen LogP contribution in [0.5, 0.6) is 5.75 Å². The van der Waals surface area contributed by atoms with Crippen LogP contribution in [0, 0.1) is 0 Å². The van der Waals surface area contributed by atoms with Crippen LogP contribution < -0.4 is 4.74 Å². The lowest BCUT2D eigenvalue weighted by Gasteiger charge is -2.15. The van der Waals surface area contributed by atoms with E-state index >= 15 is 0 Å². The third kappa shape index (κ3) is 5.55. The van der Waals surface area contributed by atoms with Gasteiger partial charge in [-0.3, -0.25) is 4.79 Å². The van der Waals surface area contributed by atoms with Crippen molar-refractivity contribution in [1.29, 1.82) is 0 Å². The molecular weight excluding hydrogens is 326 g/mol. The van der Waals surface area contributed by atoms with E-state index in [0.717, 1.165) is 16.9 Å². The van der Waals surface area contributed by atoms with E-state index in [0.29, 0.717) is 6.54 Å². The summed E-state index contributed by atoms with van der Waals surface area (Å²) in [5, 5.41) is 3.94. The third-order valence-corrected chi connectivity index (χ3v) is 4.02. The number of benzene rings is 1. The first-order chi connectivity index (χ1) is 11.6. The lowest BCUT2D eigenvalue weighted by molar-refractivity contribution is -0.147. The van der Waals surface area contributed by atoms with Crippen molar-refractivity contribution in [2.45, 2.75) is 6.54 Å². The zero-order valence-corrected chi connectivity index (χ0v) is 14.4. The first-order valence-corrected chi connectivity index (χ1v) is 8.26. The average molecular weight is 345 g/mol. The van der Waals surface area contributed by atoms with E-state index in [1.54, 1.807) is 43.7 Å². The highest BCUT2D eigenvalue weighted by Crippen LogP contribution is 2.12. The van der Waals surface area contributed by atoms with Gasteiger partial charge in [0.2, 0.25) is 0 Å². The summed E-state index contributed by atoms with van der Waals surface area (Å²) in [6.07, 6.45) is 2.93. The average Bonchev–Trinajstić information content (AvgIpc) is 3.11. The number of nitrogens with zero attached hydrogens (tertiary/aromatic N) is 1. The molecule has 126 valence electrons. The number of hydrogen-bond acceptors (Lipinski definition) is 5. The van der Waals surface area contributed by atoms with Crippen LogP contribution in [0.4, 0.5) is 0 Å². The maximum Gasteiger partial charge on any atom is 0.331 e. The predicted octanol–water partition coefficient (Wildman–Crippen LogP) is 2.97. The molecule has 0 saturated carbocycles. The normalized spacial score (nSPS) is 10.6. The molecule has 24 heavy (non-hydrogen) atoms. The summed E-state index contributed by atoms with van der Waals surface area (Å²) in [5.41, 5.74) is 1.90. The van der Waals surface area contributed by atoms with Crippen molar-refractivity contribution >= 4 is 29.3 Å². The standard InChI is InChI=1S/C18H19NO4S/c1-19(11-15-9-10-24-13-15)17(20)12-23-18(21)8-5-14-3-6-16(22-2)7-4-14/h3-10,13H,11-12H2,1-2H3/b8-5+. The van der Waals surface area contributed by atoms with Gasteiger partial charge in [-0.25, -0.2) is 4.79 Å². The molecule has 0 aliphatic rings. The molecule has 2 rings (SSSR count). The van der Waals surface area contributed by atoms with Gasteiger partial charge in [0.15, 0.2) is 6.61 Å². The second-order valence-electron chi connectivity index (χ2n) is 5.10. The van der Waals surface area contributed by atoms with E-state index in [-0.39, 0.29) is 12.5 Å². The molecule has 0 unspecified atom stereocenters. The molecule has 1 aromatic heterocycles. The largest absolute Gasteiger partial charge is 0.497 e. The molecule has 6 heteroatoms. The number of ether oxygens (including phenoxy) is 2. The Morgan fingerprint density at radius 2 is 1.96 bits per heavy atom. The molecule has 0 aliphatic carbocycles. The van der Waals surface area contributed by atoms with Crippen molar-refractivity contribution in [2.75, 3.05) is 20.8 Å². The first kappa shape index (κ1) is 17.7. The molecule has 2 aromatic rings. The maximum atomic E-state index is 11.9. The molecule has 0 N–H and O–H groups in total. The van der Waals surface area contributed by atoms with Gasteiger partial charge in [0.25, 0.3) is 5.91 Å². The van der Waals surface area contributed by atoms with Crippen LogP contribution in [-0.2, 0) is 20.9 Å². The van der Waals surface area contributed by atoms with Crippen LogP contribution in [0.2, 0.25) is 0 Å². The zero-order chi connectivity index (χ0) is 17.4. The highest BCUT2D eigenvalue weighted by Gasteiger charge is 2.11. The molecule has 0 bridgehead atoms. The number of carbonyl (C=O) groups excluding carboxylic acids is 2. The Balaban J connectivity index is 1.77. The Morgan fingerprint density at radius 1 is 1.21 bits per heavy atom. The molecule has 0 radical (unpaired) electrons. The van der Waals surface area contributed by atoms with E-state index in [1.165, 1.54) is 11.0 Å². The summed E-state index contributed by atoms with van der Waals surface area (Å²) in [4.78, 5) is 25.1. The molecule has 1 amide bonds. The van der Waals surface area contributed by atoms with Gasteiger partial charge in [-0.1, -0.05) is 12.1 Å². The summed E-state index contributed by atoms with van der Waals surface area (Å²) in [5.74, 6) is -0.0514. The van der Waals surface area contributed by atoms with Crippen molar-refractivity contribution in [1.82, 2.24) is 4.90 Å². The van der Waals surface area contributed by atoms with E-state index in [2.05, 4.69) is 0 Å². The molecular formula is C18H19NO4S. The predicted molar refractivity (Wildman–Crippen MR) is 93.8 cm³/mol. The third-order valence-electron chi connectivity index (χ3n) is 3.29. The number of methoxy groups -OCH3 is 1. The zero-order valence-electron chi connectivity index (χ0n) is 13.6. The molecule has 5 nitrogen and oxygen atoms in total. The molecule has 0 saturated heterocycles. The van der Waals surface area contributed by atoms with E-state index in [1.807, 2.05) is 29.0 Å². The van der Waals surface area contributed by atoms with Gasteiger partial charge in [0.05, 0.1) is 7.11 Å². The Bertz CT molecular complexity index is 692. The lowest BCUT2D eigenvalue weighted by atomic mass is 10.2. The van der Waals surface area contributed by atoms with Crippen molar-refractivity contribution < 1.29 is 19.1 Å². The van der Waals surface area contributed by atoms with Crippen LogP contribution in [0.1, 0.15) is 11.1 Å². The topological polar surface area (TPSA) is 55.8 Å². The monoisotopic (exact) mass is 345 g/mol. The summed E-state index contributed by atoms with van der Waals surface area (Å²) >= 11 is 1.58. The van der Waals surface area contributed by atoms with Crippen molar-refractivity contribution in [3.8, 4) is 5.75 Å². The van der Waals surface area contributed by atoms with Crippen LogP contribution in [0.25, 0.3) is 6.08 Å². The minimum absolute atomic E-state index is 0.243. The molecule has 1 aromatic carbocycles. The Morgan fingerprint density at radius 3 is 2.58 bits per heavy atom. The van der Waals surface area contributed by atoms with E-state index in [9.17, 15) is 9.59 Å². The minimum Gasteiger partial charge on any atom is -0.497 e. The molecule has 1 heterocycles. The van der Waals surface area contributed by atoms with Crippen LogP contribution >= 0.6 is 11.3 Å². The molecule has 0 atom stereocenters. The fourth-order valence-electron chi connectivity index (χ4n) is 1.92. The van der Waals surface area contributed by atoms with Crippen molar-refractivity contribution in [3.63, 3.8) is 0 Å². The van der Waals surface area contributed by atoms with Gasteiger partial charge in [-0.05, 0) is 46.2 Å².